The number of pyridine rings is 1. The van der Waals surface area contributed by atoms with Crippen molar-refractivity contribution in [1.82, 2.24) is 4.98 Å². The largest absolute Gasteiger partial charge is 0.256 e. The van der Waals surface area contributed by atoms with Gasteiger partial charge in [0.25, 0.3) is 0 Å². The average Bonchev–Trinajstić information content (AvgIpc) is 3.14. The molecule has 1 aromatic heterocycles. The summed E-state index contributed by atoms with van der Waals surface area (Å²) in [5.41, 5.74) is 10.1. The van der Waals surface area contributed by atoms with Crippen LogP contribution >= 0.6 is 23.5 Å². The Balaban J connectivity index is 1.29. The molecule has 0 saturated carbocycles. The fourth-order valence-electron chi connectivity index (χ4n) is 5.39. The Labute approximate surface area is 214 Å². The van der Waals surface area contributed by atoms with Gasteiger partial charge >= 0.3 is 0 Å². The van der Waals surface area contributed by atoms with Gasteiger partial charge in [-0.3, -0.25) is 4.98 Å². The second-order valence-electron chi connectivity index (χ2n) is 9.65. The summed E-state index contributed by atoms with van der Waals surface area (Å²) < 4.78 is 0. The van der Waals surface area contributed by atoms with Crippen molar-refractivity contribution in [2.45, 2.75) is 38.8 Å². The van der Waals surface area contributed by atoms with Crippen LogP contribution in [0, 0.1) is 0 Å². The second-order valence-corrected chi connectivity index (χ2v) is 11.8. The first kappa shape index (κ1) is 21.0. The summed E-state index contributed by atoms with van der Waals surface area (Å²) in [6.45, 7) is 4.76. The van der Waals surface area contributed by atoms with Crippen molar-refractivity contribution in [2.75, 3.05) is 0 Å². The van der Waals surface area contributed by atoms with Gasteiger partial charge in [0.05, 0.1) is 5.69 Å². The standard InChI is InChI=1S/C32H23NS2/c1-32(2)25-18-21(22-13-16-26(33-19-22)20-8-4-3-5-9-20)12-14-23(25)24-15-17-29-31(30(24)32)35-28-11-7-6-10-27(28)34-29/h3-19H,1-2H3. The van der Waals surface area contributed by atoms with Crippen LogP contribution in [0.15, 0.2) is 123 Å². The molecule has 0 atom stereocenters. The van der Waals surface area contributed by atoms with Crippen LogP contribution in [0.2, 0.25) is 0 Å². The highest BCUT2D eigenvalue weighted by Gasteiger charge is 2.39. The minimum Gasteiger partial charge on any atom is -0.256 e. The summed E-state index contributed by atoms with van der Waals surface area (Å²) in [5, 5.41) is 0. The zero-order valence-electron chi connectivity index (χ0n) is 19.6. The monoisotopic (exact) mass is 485 g/mol. The highest BCUT2D eigenvalue weighted by molar-refractivity contribution is 8.05. The van der Waals surface area contributed by atoms with Crippen LogP contribution in [0.1, 0.15) is 25.0 Å². The number of aromatic nitrogens is 1. The lowest BCUT2D eigenvalue weighted by atomic mass is 9.81. The molecule has 0 spiro atoms. The molecule has 1 aliphatic carbocycles. The van der Waals surface area contributed by atoms with Crippen molar-refractivity contribution in [2.24, 2.45) is 0 Å². The second kappa shape index (κ2) is 7.87. The van der Waals surface area contributed by atoms with Gasteiger partial charge in [0, 0.05) is 42.3 Å². The highest BCUT2D eigenvalue weighted by Crippen LogP contribution is 2.58. The van der Waals surface area contributed by atoms with Crippen molar-refractivity contribution in [3.05, 3.63) is 114 Å². The summed E-state index contributed by atoms with van der Waals surface area (Å²) in [6.07, 6.45) is 2.00. The van der Waals surface area contributed by atoms with E-state index in [1.54, 1.807) is 0 Å². The van der Waals surface area contributed by atoms with Crippen molar-refractivity contribution in [3.8, 4) is 33.5 Å². The summed E-state index contributed by atoms with van der Waals surface area (Å²) in [6, 6.07) is 35.0. The Morgan fingerprint density at radius 2 is 1.31 bits per heavy atom. The van der Waals surface area contributed by atoms with Crippen LogP contribution < -0.4 is 0 Å². The minimum absolute atomic E-state index is 0.0662. The minimum atomic E-state index is -0.0662. The Morgan fingerprint density at radius 3 is 2.09 bits per heavy atom. The lowest BCUT2D eigenvalue weighted by Gasteiger charge is -2.28. The van der Waals surface area contributed by atoms with E-state index in [2.05, 4.69) is 105 Å². The Bertz CT molecular complexity index is 1600. The molecule has 0 saturated heterocycles. The van der Waals surface area contributed by atoms with Gasteiger partial charge in [0.1, 0.15) is 0 Å². The van der Waals surface area contributed by atoms with Crippen molar-refractivity contribution < 1.29 is 0 Å². The number of benzene rings is 4. The molecule has 0 amide bonds. The lowest BCUT2D eigenvalue weighted by molar-refractivity contribution is 0.642. The molecule has 35 heavy (non-hydrogen) atoms. The molecule has 2 aliphatic rings. The molecule has 3 heteroatoms. The fourth-order valence-corrected chi connectivity index (χ4v) is 7.95. The molecule has 0 radical (unpaired) electrons. The third-order valence-electron chi connectivity index (χ3n) is 7.18. The number of rotatable bonds is 2. The van der Waals surface area contributed by atoms with Crippen molar-refractivity contribution >= 4 is 23.5 Å². The van der Waals surface area contributed by atoms with E-state index in [0.29, 0.717) is 0 Å². The van der Waals surface area contributed by atoms with Crippen molar-refractivity contribution in [1.29, 1.82) is 0 Å². The van der Waals surface area contributed by atoms with Crippen LogP contribution in [-0.4, -0.2) is 4.98 Å². The molecule has 2 heterocycles. The van der Waals surface area contributed by atoms with Crippen molar-refractivity contribution in [3.63, 3.8) is 0 Å². The Morgan fingerprint density at radius 1 is 0.600 bits per heavy atom. The summed E-state index contributed by atoms with van der Waals surface area (Å²) in [4.78, 5) is 10.3. The number of hydrogen-bond donors (Lipinski definition) is 0. The molecular weight excluding hydrogens is 462 g/mol. The van der Waals surface area contributed by atoms with E-state index in [4.69, 9.17) is 4.98 Å². The van der Waals surface area contributed by atoms with E-state index in [1.807, 2.05) is 35.8 Å². The molecule has 1 nitrogen and oxygen atoms in total. The molecule has 0 bridgehead atoms. The van der Waals surface area contributed by atoms with E-state index in [0.717, 1.165) is 16.8 Å². The normalized spacial score (nSPS) is 14.6. The fraction of sp³-hybridized carbons (Fsp3) is 0.0938. The van der Waals surface area contributed by atoms with E-state index in [-0.39, 0.29) is 5.41 Å². The molecule has 4 aromatic carbocycles. The van der Waals surface area contributed by atoms with Crippen LogP contribution in [-0.2, 0) is 5.41 Å². The molecule has 7 rings (SSSR count). The van der Waals surface area contributed by atoms with E-state index >= 15 is 0 Å². The SMILES string of the molecule is CC1(C)c2cc(-c3ccc(-c4ccccc4)nc3)ccc2-c2ccc3c(c21)Sc1ccccc1S3. The first-order valence-electron chi connectivity index (χ1n) is 11.9. The molecular formula is C32H23NS2. The van der Waals surface area contributed by atoms with Gasteiger partial charge in [-0.25, -0.2) is 0 Å². The zero-order valence-corrected chi connectivity index (χ0v) is 21.2. The summed E-state index contributed by atoms with van der Waals surface area (Å²) >= 11 is 3.83. The van der Waals surface area contributed by atoms with Gasteiger partial charge in [-0.1, -0.05) is 104 Å². The predicted octanol–water partition coefficient (Wildman–Crippen LogP) is 9.34. The van der Waals surface area contributed by atoms with E-state index in [9.17, 15) is 0 Å². The number of nitrogens with zero attached hydrogens (tertiary/aromatic N) is 1. The van der Waals surface area contributed by atoms with Gasteiger partial charge in [-0.15, -0.1) is 0 Å². The number of fused-ring (bicyclic) bond motifs is 6. The summed E-state index contributed by atoms with van der Waals surface area (Å²) in [5.74, 6) is 0. The molecule has 168 valence electrons. The molecule has 0 N–H and O–H groups in total. The first-order valence-corrected chi connectivity index (χ1v) is 13.5. The molecule has 1 aliphatic heterocycles. The summed E-state index contributed by atoms with van der Waals surface area (Å²) in [7, 11) is 0. The van der Waals surface area contributed by atoms with Gasteiger partial charge in [0.15, 0.2) is 0 Å². The zero-order chi connectivity index (χ0) is 23.6. The van der Waals surface area contributed by atoms with E-state index in [1.165, 1.54) is 47.4 Å². The maximum Gasteiger partial charge on any atom is 0.0702 e. The smallest absolute Gasteiger partial charge is 0.0702 e. The lowest BCUT2D eigenvalue weighted by Crippen LogP contribution is -2.17. The Hall–Kier alpha value is -3.27. The average molecular weight is 486 g/mol. The Kier molecular flexibility index (Phi) is 4.74. The molecule has 5 aromatic rings. The third-order valence-corrected chi connectivity index (χ3v) is 9.78. The van der Waals surface area contributed by atoms with Gasteiger partial charge in [-0.2, -0.15) is 0 Å². The molecule has 0 unspecified atom stereocenters. The third kappa shape index (κ3) is 3.30. The predicted molar refractivity (Wildman–Crippen MR) is 147 cm³/mol. The van der Waals surface area contributed by atoms with Crippen LogP contribution in [0.3, 0.4) is 0 Å². The highest BCUT2D eigenvalue weighted by atomic mass is 32.2. The first-order chi connectivity index (χ1) is 17.1. The topological polar surface area (TPSA) is 12.9 Å². The maximum atomic E-state index is 4.77. The van der Waals surface area contributed by atoms with Gasteiger partial charge in [-0.05, 0) is 58.1 Å². The van der Waals surface area contributed by atoms with Crippen LogP contribution in [0.25, 0.3) is 33.5 Å². The van der Waals surface area contributed by atoms with Gasteiger partial charge < -0.3 is 0 Å². The number of hydrogen-bond acceptors (Lipinski definition) is 3. The van der Waals surface area contributed by atoms with Crippen LogP contribution in [0.4, 0.5) is 0 Å². The quantitative estimate of drug-likeness (QED) is 0.242. The van der Waals surface area contributed by atoms with E-state index < -0.39 is 0 Å². The maximum absolute atomic E-state index is 4.77. The molecule has 0 fully saturated rings. The van der Waals surface area contributed by atoms with Crippen LogP contribution in [0.5, 0.6) is 0 Å². The van der Waals surface area contributed by atoms with Gasteiger partial charge in [0.2, 0.25) is 0 Å².